The van der Waals surface area contributed by atoms with E-state index in [1.807, 2.05) is 23.5 Å². The van der Waals surface area contributed by atoms with Crippen LogP contribution in [0, 0.1) is 5.92 Å². The topological polar surface area (TPSA) is 79.5 Å². The van der Waals surface area contributed by atoms with Crippen molar-refractivity contribution in [2.45, 2.75) is 50.9 Å². The fourth-order valence-corrected chi connectivity index (χ4v) is 6.56. The number of aryl methyl sites for hydroxylation is 2. The van der Waals surface area contributed by atoms with Crippen molar-refractivity contribution in [3.05, 3.63) is 34.0 Å². The molecule has 31 heavy (non-hydrogen) atoms. The summed E-state index contributed by atoms with van der Waals surface area (Å²) >= 11 is 1.93. The second-order valence-electron chi connectivity index (χ2n) is 8.96. The van der Waals surface area contributed by atoms with E-state index in [9.17, 15) is 4.79 Å². The summed E-state index contributed by atoms with van der Waals surface area (Å²) < 4.78 is 1.70. The molecule has 0 aromatic carbocycles. The highest BCUT2D eigenvalue weighted by molar-refractivity contribution is 7.11. The minimum Gasteiger partial charge on any atom is -0.355 e. The van der Waals surface area contributed by atoms with Gasteiger partial charge in [0.2, 0.25) is 5.91 Å². The van der Waals surface area contributed by atoms with Crippen molar-refractivity contribution < 1.29 is 4.79 Å². The van der Waals surface area contributed by atoms with E-state index in [0.717, 1.165) is 69.7 Å². The molecular formula is C22H27N7OS. The Morgan fingerprint density at radius 3 is 2.68 bits per heavy atom. The lowest BCUT2D eigenvalue weighted by Gasteiger charge is -2.37. The molecule has 2 aliphatic heterocycles. The Morgan fingerprint density at radius 2 is 1.87 bits per heavy atom. The number of hydrogen-bond acceptors (Lipinski definition) is 7. The third kappa shape index (κ3) is 3.58. The van der Waals surface area contributed by atoms with Gasteiger partial charge in [0.15, 0.2) is 5.65 Å². The highest BCUT2D eigenvalue weighted by atomic mass is 32.1. The molecule has 162 valence electrons. The van der Waals surface area contributed by atoms with E-state index in [4.69, 9.17) is 4.98 Å². The zero-order chi connectivity index (χ0) is 20.8. The molecule has 3 aromatic rings. The smallest absolute Gasteiger partial charge is 0.225 e. The molecule has 3 aromatic heterocycles. The van der Waals surface area contributed by atoms with Crippen LogP contribution in [0.15, 0.2) is 18.5 Å². The van der Waals surface area contributed by atoms with Crippen LogP contribution in [0.5, 0.6) is 0 Å². The van der Waals surface area contributed by atoms with E-state index < -0.39 is 0 Å². The number of carbonyl (C=O) groups is 1. The third-order valence-electron chi connectivity index (χ3n) is 7.08. The van der Waals surface area contributed by atoms with E-state index in [2.05, 4.69) is 25.1 Å². The van der Waals surface area contributed by atoms with Crippen LogP contribution in [0.1, 0.15) is 53.6 Å². The summed E-state index contributed by atoms with van der Waals surface area (Å²) in [6.07, 6.45) is 9.15. The minimum atomic E-state index is 0.134. The molecule has 0 radical (unpaired) electrons. The summed E-state index contributed by atoms with van der Waals surface area (Å²) in [5.41, 5.74) is 2.10. The fourth-order valence-electron chi connectivity index (χ4n) is 5.23. The van der Waals surface area contributed by atoms with Crippen molar-refractivity contribution in [2.75, 3.05) is 31.1 Å². The lowest BCUT2D eigenvalue weighted by molar-refractivity contribution is -0.137. The van der Waals surface area contributed by atoms with Crippen LogP contribution in [0.2, 0.25) is 0 Å². The number of carbonyl (C=O) groups excluding carboxylic acids is 1. The van der Waals surface area contributed by atoms with Gasteiger partial charge in [0.1, 0.15) is 12.1 Å². The largest absolute Gasteiger partial charge is 0.355 e. The maximum absolute atomic E-state index is 13.2. The Balaban J connectivity index is 1.03. The third-order valence-corrected chi connectivity index (χ3v) is 8.40. The van der Waals surface area contributed by atoms with Crippen LogP contribution in [-0.4, -0.2) is 61.8 Å². The van der Waals surface area contributed by atoms with Gasteiger partial charge in [-0.15, -0.1) is 26.6 Å². The predicted molar refractivity (Wildman–Crippen MR) is 118 cm³/mol. The molecule has 0 bridgehead atoms. The molecule has 0 spiro atoms. The van der Waals surface area contributed by atoms with Gasteiger partial charge in [-0.25, -0.2) is 4.98 Å². The lowest BCUT2D eigenvalue weighted by atomic mass is 9.92. The summed E-state index contributed by atoms with van der Waals surface area (Å²) in [6.45, 7) is 3.47. The van der Waals surface area contributed by atoms with Crippen LogP contribution in [0.3, 0.4) is 0 Å². The first-order chi connectivity index (χ1) is 15.2. The normalized spacial score (nSPS) is 20.5. The number of amides is 1. The number of piperidine rings is 2. The van der Waals surface area contributed by atoms with Gasteiger partial charge >= 0.3 is 0 Å². The van der Waals surface area contributed by atoms with Crippen molar-refractivity contribution in [3.63, 3.8) is 0 Å². The van der Waals surface area contributed by atoms with Gasteiger partial charge in [0.25, 0.3) is 0 Å². The van der Waals surface area contributed by atoms with Gasteiger partial charge in [-0.3, -0.25) is 4.79 Å². The van der Waals surface area contributed by atoms with Crippen molar-refractivity contribution in [3.8, 4) is 0 Å². The summed E-state index contributed by atoms with van der Waals surface area (Å²) in [4.78, 5) is 24.0. The number of fused-ring (bicyclic) bond motifs is 2. The van der Waals surface area contributed by atoms with Gasteiger partial charge in [0.05, 0.1) is 10.7 Å². The van der Waals surface area contributed by atoms with Crippen molar-refractivity contribution in [1.29, 1.82) is 0 Å². The minimum absolute atomic E-state index is 0.134. The maximum Gasteiger partial charge on any atom is 0.225 e. The van der Waals surface area contributed by atoms with Gasteiger partial charge in [-0.05, 0) is 57.1 Å². The number of anilines is 1. The Labute approximate surface area is 185 Å². The van der Waals surface area contributed by atoms with Crippen LogP contribution in [0.25, 0.3) is 5.65 Å². The van der Waals surface area contributed by atoms with E-state index >= 15 is 0 Å². The molecule has 9 heteroatoms. The molecule has 0 saturated carbocycles. The molecule has 1 amide bonds. The van der Waals surface area contributed by atoms with Crippen LogP contribution in [0.4, 0.5) is 5.82 Å². The standard InChI is InChI=1S/C22H27N7OS/c30-22(28-12-6-15(7-13-28)21-24-17-2-1-3-18(17)31-21)16-8-10-27(11-9-16)20-5-4-19-25-23-14-29(19)26-20/h4-5,14-16H,1-3,6-13H2. The highest BCUT2D eigenvalue weighted by Crippen LogP contribution is 2.36. The lowest BCUT2D eigenvalue weighted by Crippen LogP contribution is -2.45. The SMILES string of the molecule is O=C(C1CCN(c2ccc3nncn3n2)CC1)N1CCC(c2nc3c(s2)CCC3)CC1. The molecule has 2 saturated heterocycles. The Morgan fingerprint density at radius 1 is 1.03 bits per heavy atom. The number of hydrogen-bond donors (Lipinski definition) is 0. The highest BCUT2D eigenvalue weighted by Gasteiger charge is 2.33. The summed E-state index contributed by atoms with van der Waals surface area (Å²) in [5, 5.41) is 13.8. The van der Waals surface area contributed by atoms with Crippen molar-refractivity contribution in [2.24, 2.45) is 5.92 Å². The average molecular weight is 438 g/mol. The van der Waals surface area contributed by atoms with Crippen LogP contribution >= 0.6 is 11.3 Å². The number of nitrogens with zero attached hydrogens (tertiary/aromatic N) is 7. The second kappa shape index (κ2) is 7.85. The summed E-state index contributed by atoms with van der Waals surface area (Å²) in [5.74, 6) is 1.95. The molecule has 6 rings (SSSR count). The number of aromatic nitrogens is 5. The zero-order valence-electron chi connectivity index (χ0n) is 17.6. The van der Waals surface area contributed by atoms with Crippen molar-refractivity contribution in [1.82, 2.24) is 29.7 Å². The predicted octanol–water partition coefficient (Wildman–Crippen LogP) is 2.69. The fraction of sp³-hybridized carbons (Fsp3) is 0.591. The summed E-state index contributed by atoms with van der Waals surface area (Å²) in [6, 6.07) is 3.93. The van der Waals surface area contributed by atoms with E-state index in [-0.39, 0.29) is 5.92 Å². The maximum atomic E-state index is 13.2. The molecule has 1 aliphatic carbocycles. The van der Waals surface area contributed by atoms with Gasteiger partial charge < -0.3 is 9.80 Å². The van der Waals surface area contributed by atoms with E-state index in [1.54, 1.807) is 10.8 Å². The molecule has 0 atom stereocenters. The number of rotatable bonds is 3. The Kier molecular flexibility index (Phi) is 4.85. The van der Waals surface area contributed by atoms with E-state index in [0.29, 0.717) is 11.8 Å². The first-order valence-corrected chi connectivity index (χ1v) is 12.3. The summed E-state index contributed by atoms with van der Waals surface area (Å²) in [7, 11) is 0. The second-order valence-corrected chi connectivity index (χ2v) is 10.1. The number of likely N-dealkylation sites (tertiary alicyclic amines) is 1. The van der Waals surface area contributed by atoms with Crippen LogP contribution in [-0.2, 0) is 17.6 Å². The first-order valence-electron chi connectivity index (χ1n) is 11.4. The van der Waals surface area contributed by atoms with Crippen LogP contribution < -0.4 is 4.90 Å². The molecule has 8 nitrogen and oxygen atoms in total. The van der Waals surface area contributed by atoms with Gasteiger partial charge in [0, 0.05) is 42.9 Å². The number of thiazole rings is 1. The molecule has 3 aliphatic rings. The molecule has 5 heterocycles. The molecule has 2 fully saturated rings. The molecule has 0 N–H and O–H groups in total. The Hall–Kier alpha value is -2.55. The first kappa shape index (κ1) is 19.2. The average Bonchev–Trinajstić information content (AvgIpc) is 3.54. The monoisotopic (exact) mass is 437 g/mol. The van der Waals surface area contributed by atoms with Gasteiger partial charge in [-0.1, -0.05) is 0 Å². The molecular weight excluding hydrogens is 410 g/mol. The van der Waals surface area contributed by atoms with Gasteiger partial charge in [-0.2, -0.15) is 4.52 Å². The zero-order valence-corrected chi connectivity index (χ0v) is 18.4. The Bertz CT molecular complexity index is 1070. The van der Waals surface area contributed by atoms with E-state index in [1.165, 1.54) is 28.4 Å². The van der Waals surface area contributed by atoms with Crippen molar-refractivity contribution >= 4 is 28.7 Å². The quantitative estimate of drug-likeness (QED) is 0.627. The molecule has 0 unspecified atom stereocenters.